The Morgan fingerprint density at radius 3 is 2.67 bits per heavy atom. The fourth-order valence-corrected chi connectivity index (χ4v) is 0.818. The molecule has 0 aliphatic rings. The summed E-state index contributed by atoms with van der Waals surface area (Å²) in [5, 5.41) is -0.387. The summed E-state index contributed by atoms with van der Waals surface area (Å²) >= 11 is 3.14. The van der Waals surface area contributed by atoms with Crippen molar-refractivity contribution in [3.05, 3.63) is 12.2 Å². The van der Waals surface area contributed by atoms with E-state index in [0.29, 0.717) is 18.8 Å². The normalized spacial score (nSPS) is 12.2. The van der Waals surface area contributed by atoms with Crippen LogP contribution in [0.25, 0.3) is 0 Å². The van der Waals surface area contributed by atoms with Crippen molar-refractivity contribution < 1.29 is 14.3 Å². The molecule has 0 spiro atoms. The highest BCUT2D eigenvalue weighted by Gasteiger charge is 2.10. The van der Waals surface area contributed by atoms with Gasteiger partial charge in [-0.2, -0.15) is 0 Å². The fourth-order valence-electron chi connectivity index (χ4n) is 0.461. The van der Waals surface area contributed by atoms with E-state index in [4.69, 9.17) is 9.47 Å². The molecule has 1 unspecified atom stereocenters. The summed E-state index contributed by atoms with van der Waals surface area (Å²) in [6.45, 7) is 7.89. The molecule has 1 atom stereocenters. The molecule has 0 rings (SSSR count). The van der Waals surface area contributed by atoms with Gasteiger partial charge in [-0.05, 0) is 29.8 Å². The van der Waals surface area contributed by atoms with Crippen LogP contribution in [0.4, 0.5) is 0 Å². The minimum Gasteiger partial charge on any atom is -0.445 e. The van der Waals surface area contributed by atoms with Crippen LogP contribution in [0.5, 0.6) is 0 Å². The predicted molar refractivity (Wildman–Crippen MR) is 50.1 cm³/mol. The summed E-state index contributed by atoms with van der Waals surface area (Å²) in [4.78, 5) is 10.9. The van der Waals surface area contributed by atoms with E-state index in [-0.39, 0.29) is 5.01 Å². The van der Waals surface area contributed by atoms with Gasteiger partial charge in [-0.3, -0.25) is 0 Å². The Balaban J connectivity index is 3.61. The van der Waals surface area contributed by atoms with Gasteiger partial charge in [0.05, 0.1) is 6.61 Å². The largest absolute Gasteiger partial charge is 0.445 e. The molecule has 0 bridgehead atoms. The smallest absolute Gasteiger partial charge is 0.334 e. The summed E-state index contributed by atoms with van der Waals surface area (Å²) in [6.07, 6.45) is 0. The van der Waals surface area contributed by atoms with E-state index >= 15 is 0 Å². The number of esters is 1. The molecule has 0 N–H and O–H groups in total. The Labute approximate surface area is 80.9 Å². The molecule has 0 heterocycles. The molecule has 0 fully saturated rings. The van der Waals surface area contributed by atoms with Gasteiger partial charge in [0.2, 0.25) is 0 Å². The van der Waals surface area contributed by atoms with Crippen LogP contribution in [0.15, 0.2) is 12.2 Å². The first-order valence-corrected chi connectivity index (χ1v) is 4.57. The van der Waals surface area contributed by atoms with Gasteiger partial charge in [0, 0.05) is 12.2 Å². The van der Waals surface area contributed by atoms with Crippen molar-refractivity contribution in [2.75, 3.05) is 13.2 Å². The lowest BCUT2D eigenvalue weighted by atomic mass is 10.4. The molecule has 0 saturated heterocycles. The molecule has 0 aromatic carbocycles. The average Bonchev–Trinajstić information content (AvgIpc) is 2.00. The molecule has 12 heavy (non-hydrogen) atoms. The third-order valence-corrected chi connectivity index (χ3v) is 1.49. The Bertz CT molecular complexity index is 168. The first-order chi connectivity index (χ1) is 5.57. The quantitative estimate of drug-likeness (QED) is 0.416. The van der Waals surface area contributed by atoms with E-state index in [0.717, 1.165) is 0 Å². The maximum Gasteiger partial charge on any atom is 0.334 e. The molecular weight excluding hydrogens is 224 g/mol. The number of alkyl halides is 1. The van der Waals surface area contributed by atoms with E-state index in [1.807, 2.05) is 6.92 Å². The second-order valence-electron chi connectivity index (χ2n) is 2.26. The van der Waals surface area contributed by atoms with Crippen LogP contribution in [-0.4, -0.2) is 24.2 Å². The molecule has 0 aliphatic carbocycles. The Kier molecular flexibility index (Phi) is 6.02. The molecule has 4 heteroatoms. The van der Waals surface area contributed by atoms with Gasteiger partial charge in [-0.25, -0.2) is 4.79 Å². The zero-order valence-electron chi connectivity index (χ0n) is 7.30. The lowest BCUT2D eigenvalue weighted by Crippen LogP contribution is -2.17. The number of hydrogen-bond acceptors (Lipinski definition) is 3. The minimum atomic E-state index is -0.406. The zero-order valence-corrected chi connectivity index (χ0v) is 8.89. The summed E-state index contributed by atoms with van der Waals surface area (Å²) in [7, 11) is 0. The van der Waals surface area contributed by atoms with Crippen molar-refractivity contribution >= 4 is 21.9 Å². The van der Waals surface area contributed by atoms with Gasteiger partial charge in [0.15, 0.2) is 5.01 Å². The number of rotatable bonds is 5. The molecule has 0 aliphatic heterocycles. The Morgan fingerprint density at radius 1 is 1.67 bits per heavy atom. The maximum atomic E-state index is 10.9. The Morgan fingerprint density at radius 2 is 2.25 bits per heavy atom. The molecule has 0 aromatic rings. The summed E-state index contributed by atoms with van der Waals surface area (Å²) in [5.74, 6) is -0.406. The van der Waals surface area contributed by atoms with Crippen LogP contribution in [0, 0.1) is 0 Å². The molecule has 0 saturated carbocycles. The van der Waals surface area contributed by atoms with Crippen molar-refractivity contribution in [1.29, 1.82) is 0 Å². The molecule has 0 aromatic heterocycles. The van der Waals surface area contributed by atoms with Crippen molar-refractivity contribution in [3.63, 3.8) is 0 Å². The third-order valence-electron chi connectivity index (χ3n) is 1.04. The second kappa shape index (κ2) is 6.20. The van der Waals surface area contributed by atoms with E-state index in [1.54, 1.807) is 6.92 Å². The number of hydrogen-bond donors (Lipinski definition) is 0. The number of halogens is 1. The van der Waals surface area contributed by atoms with E-state index in [1.165, 1.54) is 0 Å². The van der Waals surface area contributed by atoms with Gasteiger partial charge in [0.1, 0.15) is 0 Å². The topological polar surface area (TPSA) is 35.5 Å². The lowest BCUT2D eigenvalue weighted by molar-refractivity contribution is -0.141. The average molecular weight is 237 g/mol. The molecule has 0 radical (unpaired) electrons. The summed E-state index contributed by atoms with van der Waals surface area (Å²) in [6, 6.07) is 0. The molecular formula is C8H13BrO3. The van der Waals surface area contributed by atoms with Crippen LogP contribution < -0.4 is 0 Å². The highest BCUT2D eigenvalue weighted by molar-refractivity contribution is 9.09. The van der Waals surface area contributed by atoms with Crippen molar-refractivity contribution in [1.82, 2.24) is 0 Å². The Hall–Kier alpha value is -0.350. The van der Waals surface area contributed by atoms with Crippen molar-refractivity contribution in [3.8, 4) is 0 Å². The van der Waals surface area contributed by atoms with E-state index < -0.39 is 5.97 Å². The SMILES string of the molecule is C=C(C)C(=O)OC(Br)COCC. The number of carbonyl (C=O) groups excluding carboxylic acids is 1. The van der Waals surface area contributed by atoms with Crippen LogP contribution >= 0.6 is 15.9 Å². The lowest BCUT2D eigenvalue weighted by Gasteiger charge is -2.10. The van der Waals surface area contributed by atoms with Crippen molar-refractivity contribution in [2.24, 2.45) is 0 Å². The molecule has 3 nitrogen and oxygen atoms in total. The first-order valence-electron chi connectivity index (χ1n) is 3.66. The highest BCUT2D eigenvalue weighted by Crippen LogP contribution is 2.05. The van der Waals surface area contributed by atoms with Crippen molar-refractivity contribution in [2.45, 2.75) is 18.9 Å². The maximum absolute atomic E-state index is 10.9. The second-order valence-corrected chi connectivity index (χ2v) is 3.28. The molecule has 0 amide bonds. The van der Waals surface area contributed by atoms with Crippen LogP contribution in [0.2, 0.25) is 0 Å². The van der Waals surface area contributed by atoms with Crippen LogP contribution in [0.1, 0.15) is 13.8 Å². The van der Waals surface area contributed by atoms with Gasteiger partial charge in [-0.15, -0.1) is 0 Å². The number of ether oxygens (including phenoxy) is 2. The van der Waals surface area contributed by atoms with Crippen LogP contribution in [-0.2, 0) is 14.3 Å². The standard InChI is InChI=1S/C8H13BrO3/c1-4-11-5-7(9)12-8(10)6(2)3/h7H,2,4-5H2,1,3H3. The third kappa shape index (κ3) is 5.32. The monoisotopic (exact) mass is 236 g/mol. The first kappa shape index (κ1) is 11.6. The minimum absolute atomic E-state index is 0.357. The van der Waals surface area contributed by atoms with Gasteiger partial charge >= 0.3 is 5.97 Å². The summed E-state index contributed by atoms with van der Waals surface area (Å²) in [5.41, 5.74) is 0.385. The fraction of sp³-hybridized carbons (Fsp3) is 0.625. The van der Waals surface area contributed by atoms with Gasteiger partial charge in [0.25, 0.3) is 0 Å². The predicted octanol–water partition coefficient (Wildman–Crippen LogP) is 1.86. The summed E-state index contributed by atoms with van der Waals surface area (Å²) < 4.78 is 9.89. The number of carbonyl (C=O) groups is 1. The zero-order chi connectivity index (χ0) is 9.56. The van der Waals surface area contributed by atoms with E-state index in [9.17, 15) is 4.79 Å². The molecule has 70 valence electrons. The van der Waals surface area contributed by atoms with E-state index in [2.05, 4.69) is 22.5 Å². The van der Waals surface area contributed by atoms with Crippen LogP contribution in [0.3, 0.4) is 0 Å². The van der Waals surface area contributed by atoms with Gasteiger partial charge < -0.3 is 9.47 Å². The highest BCUT2D eigenvalue weighted by atomic mass is 79.9. The van der Waals surface area contributed by atoms with Gasteiger partial charge in [-0.1, -0.05) is 6.58 Å².